The van der Waals surface area contributed by atoms with Gasteiger partial charge in [0.1, 0.15) is 10.6 Å². The molecule has 0 spiro atoms. The lowest BCUT2D eigenvalue weighted by Gasteiger charge is -2.17. The Hall–Kier alpha value is -1.85. The monoisotopic (exact) mass is 379 g/mol. The number of hydrogen-bond donors (Lipinski definition) is 1. The first kappa shape index (κ1) is 19.5. The summed E-state index contributed by atoms with van der Waals surface area (Å²) in [7, 11) is 0. The van der Waals surface area contributed by atoms with Crippen molar-refractivity contribution in [3.63, 3.8) is 0 Å². The molecule has 0 fully saturated rings. The van der Waals surface area contributed by atoms with Crippen LogP contribution in [0.15, 0.2) is 24.3 Å². The number of hydrogen-bond acceptors (Lipinski definition) is 4. The number of amides is 1. The Bertz CT molecular complexity index is 788. The summed E-state index contributed by atoms with van der Waals surface area (Å²) in [5.41, 5.74) is 1.45. The molecule has 0 bridgehead atoms. The molecule has 1 aromatic carbocycles. The van der Waals surface area contributed by atoms with E-state index in [2.05, 4.69) is 5.32 Å². The zero-order chi connectivity index (χ0) is 18.8. The zero-order valence-electron chi connectivity index (χ0n) is 15.0. The van der Waals surface area contributed by atoms with Gasteiger partial charge >= 0.3 is 5.97 Å². The first-order valence-corrected chi connectivity index (χ1v) is 9.22. The number of benzene rings is 1. The van der Waals surface area contributed by atoms with Gasteiger partial charge in [0.15, 0.2) is 0 Å². The number of halogens is 1. The van der Waals surface area contributed by atoms with Crippen molar-refractivity contribution in [2.24, 2.45) is 5.41 Å². The van der Waals surface area contributed by atoms with Crippen LogP contribution in [0.5, 0.6) is 0 Å². The fourth-order valence-corrected chi connectivity index (χ4v) is 3.47. The van der Waals surface area contributed by atoms with E-state index in [1.165, 1.54) is 11.3 Å². The smallest absolute Gasteiger partial charge is 0.341 e. The fourth-order valence-electron chi connectivity index (χ4n) is 2.29. The third-order valence-corrected chi connectivity index (χ3v) is 4.88. The van der Waals surface area contributed by atoms with Gasteiger partial charge < -0.3 is 10.1 Å². The summed E-state index contributed by atoms with van der Waals surface area (Å²) >= 11 is 7.34. The molecule has 1 N–H and O–H groups in total. The van der Waals surface area contributed by atoms with Crippen molar-refractivity contribution in [1.82, 2.24) is 0 Å². The minimum absolute atomic E-state index is 0.151. The van der Waals surface area contributed by atoms with Crippen molar-refractivity contribution in [3.8, 4) is 11.1 Å². The van der Waals surface area contributed by atoms with Gasteiger partial charge in [-0.15, -0.1) is 11.3 Å². The van der Waals surface area contributed by atoms with Gasteiger partial charge in [0, 0.05) is 20.9 Å². The predicted molar refractivity (Wildman–Crippen MR) is 104 cm³/mol. The first-order chi connectivity index (χ1) is 11.6. The summed E-state index contributed by atoms with van der Waals surface area (Å²) in [5, 5.41) is 4.02. The minimum Gasteiger partial charge on any atom is -0.462 e. The number of carbonyl (C=O) groups excluding carboxylic acids is 2. The SMILES string of the molecule is CCOC(=O)c1c(NC(=O)C(C)(C)C)sc(C)c1-c1ccc(Cl)cc1. The number of thiophene rings is 1. The molecule has 134 valence electrons. The van der Waals surface area contributed by atoms with Crippen LogP contribution in [-0.2, 0) is 9.53 Å². The van der Waals surface area contributed by atoms with Crippen LogP contribution >= 0.6 is 22.9 Å². The third-order valence-electron chi connectivity index (χ3n) is 3.60. The number of rotatable bonds is 4. The largest absolute Gasteiger partial charge is 0.462 e. The van der Waals surface area contributed by atoms with Gasteiger partial charge in [0.05, 0.1) is 6.61 Å². The molecule has 0 aliphatic heterocycles. The van der Waals surface area contributed by atoms with Gasteiger partial charge in [-0.25, -0.2) is 4.79 Å². The highest BCUT2D eigenvalue weighted by Gasteiger charge is 2.28. The Balaban J connectivity index is 2.57. The van der Waals surface area contributed by atoms with Gasteiger partial charge in [-0.1, -0.05) is 44.5 Å². The average Bonchev–Trinajstić information content (AvgIpc) is 2.83. The highest BCUT2D eigenvalue weighted by Crippen LogP contribution is 2.41. The number of carbonyl (C=O) groups is 2. The summed E-state index contributed by atoms with van der Waals surface area (Å²) in [4.78, 5) is 25.9. The quantitative estimate of drug-likeness (QED) is 0.709. The molecule has 25 heavy (non-hydrogen) atoms. The van der Waals surface area contributed by atoms with E-state index in [0.717, 1.165) is 16.0 Å². The standard InChI is InChI=1S/C19H22ClNO3S/c1-6-24-17(22)15-14(12-7-9-13(20)10-8-12)11(2)25-16(15)21-18(23)19(3,4)5/h7-10H,6H2,1-5H3,(H,21,23). The van der Waals surface area contributed by atoms with E-state index in [1.807, 2.05) is 39.8 Å². The second-order valence-electron chi connectivity index (χ2n) is 6.67. The highest BCUT2D eigenvalue weighted by molar-refractivity contribution is 7.17. The maximum Gasteiger partial charge on any atom is 0.341 e. The molecular formula is C19H22ClNO3S. The molecule has 0 saturated carbocycles. The van der Waals surface area contributed by atoms with Crippen LogP contribution in [0.25, 0.3) is 11.1 Å². The lowest BCUT2D eigenvalue weighted by molar-refractivity contribution is -0.123. The van der Waals surface area contributed by atoms with E-state index in [9.17, 15) is 9.59 Å². The van der Waals surface area contributed by atoms with Crippen LogP contribution in [0, 0.1) is 12.3 Å². The lowest BCUT2D eigenvalue weighted by Crippen LogP contribution is -2.28. The molecule has 0 atom stereocenters. The highest BCUT2D eigenvalue weighted by atomic mass is 35.5. The van der Waals surface area contributed by atoms with E-state index in [1.54, 1.807) is 19.1 Å². The van der Waals surface area contributed by atoms with Crippen LogP contribution in [0.2, 0.25) is 5.02 Å². The molecule has 0 unspecified atom stereocenters. The Kier molecular flexibility index (Phi) is 5.91. The van der Waals surface area contributed by atoms with Crippen molar-refractivity contribution in [2.45, 2.75) is 34.6 Å². The van der Waals surface area contributed by atoms with Gasteiger partial charge in [-0.2, -0.15) is 0 Å². The maximum atomic E-state index is 12.6. The molecule has 6 heteroatoms. The Morgan fingerprint density at radius 2 is 1.80 bits per heavy atom. The molecule has 0 radical (unpaired) electrons. The summed E-state index contributed by atoms with van der Waals surface area (Å²) in [6.07, 6.45) is 0. The molecule has 1 heterocycles. The van der Waals surface area contributed by atoms with Crippen LogP contribution < -0.4 is 5.32 Å². The lowest BCUT2D eigenvalue weighted by atomic mass is 9.95. The fraction of sp³-hybridized carbons (Fsp3) is 0.368. The minimum atomic E-state index is -0.565. The van der Waals surface area contributed by atoms with E-state index in [0.29, 0.717) is 15.6 Å². The van der Waals surface area contributed by atoms with Gasteiger partial charge in [0.2, 0.25) is 5.91 Å². The second kappa shape index (κ2) is 7.58. The third kappa shape index (κ3) is 4.41. The predicted octanol–water partition coefficient (Wildman–Crippen LogP) is 5.54. The molecule has 2 rings (SSSR count). The summed E-state index contributed by atoms with van der Waals surface area (Å²) in [5.74, 6) is -0.594. The molecule has 1 amide bonds. The summed E-state index contributed by atoms with van der Waals surface area (Å²) in [6, 6.07) is 7.26. The zero-order valence-corrected chi connectivity index (χ0v) is 16.6. The molecule has 0 aliphatic rings. The normalized spacial score (nSPS) is 11.3. The van der Waals surface area contributed by atoms with E-state index >= 15 is 0 Å². The summed E-state index contributed by atoms with van der Waals surface area (Å²) < 4.78 is 5.23. The summed E-state index contributed by atoms with van der Waals surface area (Å²) in [6.45, 7) is 9.42. The van der Waals surface area contributed by atoms with Crippen molar-refractivity contribution in [2.75, 3.05) is 11.9 Å². The number of anilines is 1. The van der Waals surface area contributed by atoms with Crippen LogP contribution in [0.4, 0.5) is 5.00 Å². The topological polar surface area (TPSA) is 55.4 Å². The van der Waals surface area contributed by atoms with Crippen LogP contribution in [0.3, 0.4) is 0 Å². The van der Waals surface area contributed by atoms with Crippen molar-refractivity contribution in [1.29, 1.82) is 0 Å². The average molecular weight is 380 g/mol. The van der Waals surface area contributed by atoms with E-state index in [-0.39, 0.29) is 12.5 Å². The Labute approximate surface area is 157 Å². The van der Waals surface area contributed by atoms with Gasteiger partial charge in [0.25, 0.3) is 0 Å². The van der Waals surface area contributed by atoms with Crippen molar-refractivity contribution >= 4 is 39.8 Å². The number of aryl methyl sites for hydroxylation is 1. The van der Waals surface area contributed by atoms with E-state index < -0.39 is 11.4 Å². The molecule has 2 aromatic rings. The number of nitrogens with one attached hydrogen (secondary N) is 1. The molecule has 1 aromatic heterocycles. The Morgan fingerprint density at radius 3 is 2.32 bits per heavy atom. The molecule has 0 saturated heterocycles. The van der Waals surface area contributed by atoms with Gasteiger partial charge in [-0.05, 0) is 31.5 Å². The number of ether oxygens (including phenoxy) is 1. The Morgan fingerprint density at radius 1 is 1.20 bits per heavy atom. The molecule has 0 aliphatic carbocycles. The van der Waals surface area contributed by atoms with Crippen LogP contribution in [-0.4, -0.2) is 18.5 Å². The maximum absolute atomic E-state index is 12.6. The molecular weight excluding hydrogens is 358 g/mol. The second-order valence-corrected chi connectivity index (χ2v) is 8.33. The molecule has 4 nitrogen and oxygen atoms in total. The van der Waals surface area contributed by atoms with Crippen molar-refractivity contribution in [3.05, 3.63) is 39.7 Å². The number of esters is 1. The van der Waals surface area contributed by atoms with Crippen molar-refractivity contribution < 1.29 is 14.3 Å². The van der Waals surface area contributed by atoms with Crippen LogP contribution in [0.1, 0.15) is 42.9 Å². The first-order valence-electron chi connectivity index (χ1n) is 8.03. The van der Waals surface area contributed by atoms with Gasteiger partial charge in [-0.3, -0.25) is 4.79 Å². The van der Waals surface area contributed by atoms with E-state index in [4.69, 9.17) is 16.3 Å².